The highest BCUT2D eigenvalue weighted by Gasteiger charge is 2.13. The second-order valence-corrected chi connectivity index (χ2v) is 6.08. The summed E-state index contributed by atoms with van der Waals surface area (Å²) >= 11 is 1.79. The summed E-state index contributed by atoms with van der Waals surface area (Å²) in [6.45, 7) is 2.81. The average Bonchev–Trinajstić information content (AvgIpc) is 2.53. The van der Waals surface area contributed by atoms with Gasteiger partial charge in [0.25, 0.3) is 5.91 Å². The minimum Gasteiger partial charge on any atom is -0.352 e. The summed E-state index contributed by atoms with van der Waals surface area (Å²) in [5, 5.41) is 5.16. The fraction of sp³-hybridized carbons (Fsp3) is 0.333. The molecule has 0 saturated carbocycles. The van der Waals surface area contributed by atoms with E-state index < -0.39 is 0 Å². The van der Waals surface area contributed by atoms with Gasteiger partial charge in [-0.05, 0) is 18.1 Å². The molecule has 1 heterocycles. The summed E-state index contributed by atoms with van der Waals surface area (Å²) in [5.41, 5.74) is 3.13. The number of nitrogens with one attached hydrogen (secondary N) is 2. The number of aromatic nitrogens is 1. The van der Waals surface area contributed by atoms with Crippen LogP contribution in [0.25, 0.3) is 10.8 Å². The molecule has 1 aromatic heterocycles. The first-order chi connectivity index (χ1) is 10.2. The number of nitrogens with two attached hydrogens (primary N) is 1. The molecule has 5 nitrogen and oxygen atoms in total. The smallest absolute Gasteiger partial charge is 0.253 e. The van der Waals surface area contributed by atoms with Gasteiger partial charge in [0.05, 0.1) is 5.56 Å². The molecule has 0 aliphatic carbocycles. The maximum Gasteiger partial charge on any atom is 0.253 e. The fourth-order valence-electron chi connectivity index (χ4n) is 2.09. The van der Waals surface area contributed by atoms with E-state index in [0.717, 1.165) is 17.2 Å². The summed E-state index contributed by atoms with van der Waals surface area (Å²) in [4.78, 5) is 16.5. The van der Waals surface area contributed by atoms with Gasteiger partial charge in [-0.25, -0.2) is 10.8 Å². The van der Waals surface area contributed by atoms with Crippen molar-refractivity contribution in [3.8, 4) is 0 Å². The van der Waals surface area contributed by atoms with E-state index in [-0.39, 0.29) is 5.91 Å². The summed E-state index contributed by atoms with van der Waals surface area (Å²) in [7, 11) is 0. The van der Waals surface area contributed by atoms with Crippen LogP contribution in [0.5, 0.6) is 0 Å². The van der Waals surface area contributed by atoms with E-state index in [2.05, 4.69) is 28.9 Å². The number of pyridine rings is 1. The van der Waals surface area contributed by atoms with Crippen molar-refractivity contribution < 1.29 is 4.79 Å². The number of nitrogen functional groups attached to an aromatic ring is 1. The fourth-order valence-corrected chi connectivity index (χ4v) is 2.44. The maximum atomic E-state index is 12.3. The molecular formula is C15H20N4OS. The second kappa shape index (κ2) is 7.28. The number of rotatable bonds is 6. The van der Waals surface area contributed by atoms with Gasteiger partial charge < -0.3 is 10.7 Å². The second-order valence-electron chi connectivity index (χ2n) is 4.80. The van der Waals surface area contributed by atoms with E-state index in [1.807, 2.05) is 24.3 Å². The Labute approximate surface area is 128 Å². The molecule has 112 valence electrons. The van der Waals surface area contributed by atoms with Crippen molar-refractivity contribution in [3.63, 3.8) is 0 Å². The number of hydrogen-bond acceptors (Lipinski definition) is 5. The highest BCUT2D eigenvalue weighted by Crippen LogP contribution is 2.23. The SMILES string of the molecule is CSC(C)CCNC(=O)c1cnc(NN)c2ccccc12. The molecule has 1 amide bonds. The first-order valence-electron chi connectivity index (χ1n) is 6.82. The molecule has 1 unspecified atom stereocenters. The van der Waals surface area contributed by atoms with Gasteiger partial charge in [0, 0.05) is 23.4 Å². The van der Waals surface area contributed by atoms with Gasteiger partial charge in [0.1, 0.15) is 5.82 Å². The Kier molecular flexibility index (Phi) is 5.41. The molecule has 2 rings (SSSR count). The van der Waals surface area contributed by atoms with Crippen molar-refractivity contribution in [2.75, 3.05) is 18.2 Å². The lowest BCUT2D eigenvalue weighted by Crippen LogP contribution is -2.26. The normalized spacial score (nSPS) is 12.1. The highest BCUT2D eigenvalue weighted by molar-refractivity contribution is 7.99. The van der Waals surface area contributed by atoms with Crippen molar-refractivity contribution >= 4 is 34.3 Å². The Morgan fingerprint density at radius 2 is 2.10 bits per heavy atom. The van der Waals surface area contributed by atoms with Gasteiger partial charge in [-0.3, -0.25) is 4.79 Å². The molecular weight excluding hydrogens is 284 g/mol. The number of hydrogen-bond donors (Lipinski definition) is 3. The summed E-state index contributed by atoms with van der Waals surface area (Å²) < 4.78 is 0. The van der Waals surface area contributed by atoms with E-state index >= 15 is 0 Å². The Morgan fingerprint density at radius 1 is 1.38 bits per heavy atom. The van der Waals surface area contributed by atoms with Gasteiger partial charge in [-0.1, -0.05) is 31.2 Å². The van der Waals surface area contributed by atoms with Crippen molar-refractivity contribution in [1.82, 2.24) is 10.3 Å². The molecule has 0 fully saturated rings. The molecule has 4 N–H and O–H groups in total. The van der Waals surface area contributed by atoms with Gasteiger partial charge in [-0.15, -0.1) is 0 Å². The largest absolute Gasteiger partial charge is 0.352 e. The Bertz CT molecular complexity index is 632. The number of fused-ring (bicyclic) bond motifs is 1. The van der Waals surface area contributed by atoms with E-state index in [0.29, 0.717) is 23.2 Å². The summed E-state index contributed by atoms with van der Waals surface area (Å²) in [5.74, 6) is 5.92. The predicted molar refractivity (Wildman–Crippen MR) is 89.5 cm³/mol. The van der Waals surface area contributed by atoms with Crippen LogP contribution in [-0.2, 0) is 0 Å². The van der Waals surface area contributed by atoms with Crippen molar-refractivity contribution in [2.24, 2.45) is 5.84 Å². The summed E-state index contributed by atoms with van der Waals surface area (Å²) in [6, 6.07) is 7.59. The van der Waals surface area contributed by atoms with Gasteiger partial charge in [-0.2, -0.15) is 11.8 Å². The predicted octanol–water partition coefficient (Wildman–Crippen LogP) is 2.39. The third kappa shape index (κ3) is 3.65. The van der Waals surface area contributed by atoms with Gasteiger partial charge >= 0.3 is 0 Å². The number of benzene rings is 1. The Morgan fingerprint density at radius 3 is 2.76 bits per heavy atom. The number of amides is 1. The van der Waals surface area contributed by atoms with Crippen LogP contribution in [0.2, 0.25) is 0 Å². The zero-order chi connectivity index (χ0) is 15.2. The van der Waals surface area contributed by atoms with E-state index in [1.54, 1.807) is 18.0 Å². The Balaban J connectivity index is 2.20. The first-order valence-corrected chi connectivity index (χ1v) is 8.11. The molecule has 1 aromatic carbocycles. The van der Waals surface area contributed by atoms with Gasteiger partial charge in [0.15, 0.2) is 0 Å². The number of carbonyl (C=O) groups excluding carboxylic acids is 1. The van der Waals surface area contributed by atoms with Crippen molar-refractivity contribution in [1.29, 1.82) is 0 Å². The number of anilines is 1. The molecule has 2 aromatic rings. The maximum absolute atomic E-state index is 12.3. The van der Waals surface area contributed by atoms with Crippen LogP contribution in [0.3, 0.4) is 0 Å². The summed E-state index contributed by atoms with van der Waals surface area (Å²) in [6.07, 6.45) is 4.58. The molecule has 0 aliphatic rings. The van der Waals surface area contributed by atoms with Crippen LogP contribution in [-0.4, -0.2) is 28.9 Å². The lowest BCUT2D eigenvalue weighted by molar-refractivity contribution is 0.0954. The van der Waals surface area contributed by atoms with E-state index in [4.69, 9.17) is 5.84 Å². The standard InChI is InChI=1S/C15H20N4OS/c1-10(21-2)7-8-17-15(20)13-9-18-14(19-16)12-6-4-3-5-11(12)13/h3-6,9-10H,7-8,16H2,1-2H3,(H,17,20)(H,18,19). The minimum absolute atomic E-state index is 0.101. The van der Waals surface area contributed by atoms with Crippen molar-refractivity contribution in [2.45, 2.75) is 18.6 Å². The molecule has 0 radical (unpaired) electrons. The lowest BCUT2D eigenvalue weighted by atomic mass is 10.1. The highest BCUT2D eigenvalue weighted by atomic mass is 32.2. The molecule has 1 atom stereocenters. The lowest BCUT2D eigenvalue weighted by Gasteiger charge is -2.12. The number of thioether (sulfide) groups is 1. The molecule has 0 spiro atoms. The van der Waals surface area contributed by atoms with Crippen molar-refractivity contribution in [3.05, 3.63) is 36.0 Å². The molecule has 0 saturated heterocycles. The third-order valence-corrected chi connectivity index (χ3v) is 4.46. The van der Waals surface area contributed by atoms with Crippen LogP contribution < -0.4 is 16.6 Å². The molecule has 0 aliphatic heterocycles. The monoisotopic (exact) mass is 304 g/mol. The topological polar surface area (TPSA) is 80.0 Å². The van der Waals surface area contributed by atoms with Crippen LogP contribution in [0.15, 0.2) is 30.5 Å². The molecule has 0 bridgehead atoms. The average molecular weight is 304 g/mol. The van der Waals surface area contributed by atoms with Gasteiger partial charge in [0.2, 0.25) is 0 Å². The quantitative estimate of drug-likeness (QED) is 0.564. The molecule has 6 heteroatoms. The van der Waals surface area contributed by atoms with Crippen LogP contribution >= 0.6 is 11.8 Å². The van der Waals surface area contributed by atoms with Crippen LogP contribution in [0.1, 0.15) is 23.7 Å². The van der Waals surface area contributed by atoms with E-state index in [9.17, 15) is 4.79 Å². The number of hydrazine groups is 1. The van der Waals surface area contributed by atoms with Crippen LogP contribution in [0, 0.1) is 0 Å². The minimum atomic E-state index is -0.101. The molecule has 21 heavy (non-hydrogen) atoms. The Hall–Kier alpha value is -1.79. The zero-order valence-corrected chi connectivity index (χ0v) is 13.0. The van der Waals surface area contributed by atoms with Crippen LogP contribution in [0.4, 0.5) is 5.82 Å². The third-order valence-electron chi connectivity index (χ3n) is 3.42. The number of nitrogens with zero attached hydrogens (tertiary/aromatic N) is 1. The van der Waals surface area contributed by atoms with E-state index in [1.165, 1.54) is 0 Å². The zero-order valence-electron chi connectivity index (χ0n) is 12.2. The first kappa shape index (κ1) is 15.6. The number of carbonyl (C=O) groups is 1.